The number of nitrogens with zero attached hydrogens (tertiary/aromatic N) is 3. The van der Waals surface area contributed by atoms with Gasteiger partial charge in [0.2, 0.25) is 0 Å². The Balaban J connectivity index is 1.79. The Bertz CT molecular complexity index is 815. The molecule has 1 heterocycles. The summed E-state index contributed by atoms with van der Waals surface area (Å²) in [5.41, 5.74) is 1.37. The second kappa shape index (κ2) is 5.58. The van der Waals surface area contributed by atoms with Crippen molar-refractivity contribution in [2.24, 2.45) is 10.2 Å². The molecule has 0 bridgehead atoms. The van der Waals surface area contributed by atoms with Crippen molar-refractivity contribution in [3.8, 4) is 11.5 Å². The van der Waals surface area contributed by atoms with Gasteiger partial charge in [-0.1, -0.05) is 18.2 Å². The number of benzene rings is 2. The van der Waals surface area contributed by atoms with Crippen molar-refractivity contribution in [3.63, 3.8) is 0 Å². The summed E-state index contributed by atoms with van der Waals surface area (Å²) in [5.74, 6) is 0.674. The van der Waals surface area contributed by atoms with E-state index >= 15 is 0 Å². The van der Waals surface area contributed by atoms with Crippen LogP contribution in [-0.4, -0.2) is 15.2 Å². The maximum Gasteiger partial charge on any atom is 0.174 e. The fraction of sp³-hybridized carbons (Fsp3) is 0.0625. The summed E-state index contributed by atoms with van der Waals surface area (Å²) >= 11 is 0. The van der Waals surface area contributed by atoms with E-state index in [9.17, 15) is 10.2 Å². The summed E-state index contributed by atoms with van der Waals surface area (Å²) in [6, 6.07) is 15.8. The van der Waals surface area contributed by atoms with Crippen LogP contribution in [0.1, 0.15) is 5.56 Å². The average Bonchev–Trinajstić information content (AvgIpc) is 2.50. The first-order valence-corrected chi connectivity index (χ1v) is 6.46. The lowest BCUT2D eigenvalue weighted by molar-refractivity contribution is 0.454. The fourth-order valence-corrected chi connectivity index (χ4v) is 1.99. The van der Waals surface area contributed by atoms with Gasteiger partial charge in [-0.05, 0) is 36.4 Å². The van der Waals surface area contributed by atoms with Gasteiger partial charge in [0.1, 0.15) is 11.5 Å². The Labute approximate surface area is 121 Å². The van der Waals surface area contributed by atoms with Crippen molar-refractivity contribution in [3.05, 3.63) is 60.2 Å². The molecule has 5 nitrogen and oxygen atoms in total. The molecule has 21 heavy (non-hydrogen) atoms. The molecule has 3 rings (SSSR count). The molecule has 0 unspecified atom stereocenters. The third-order valence-corrected chi connectivity index (χ3v) is 3.06. The molecule has 1 aromatic heterocycles. The number of pyridine rings is 1. The largest absolute Gasteiger partial charge is 0.508 e. The highest BCUT2D eigenvalue weighted by Crippen LogP contribution is 2.23. The smallest absolute Gasteiger partial charge is 0.174 e. The van der Waals surface area contributed by atoms with Crippen LogP contribution < -0.4 is 0 Å². The number of phenolic OH excluding ortho intramolecular Hbond substituents is 2. The monoisotopic (exact) mass is 279 g/mol. The number of para-hydroxylation sites is 1. The molecule has 2 aromatic carbocycles. The van der Waals surface area contributed by atoms with E-state index in [2.05, 4.69) is 15.2 Å². The average molecular weight is 279 g/mol. The van der Waals surface area contributed by atoms with Gasteiger partial charge in [0.05, 0.1) is 12.1 Å². The third kappa shape index (κ3) is 2.97. The van der Waals surface area contributed by atoms with Gasteiger partial charge in [0, 0.05) is 10.9 Å². The predicted molar refractivity (Wildman–Crippen MR) is 79.7 cm³/mol. The maximum absolute atomic E-state index is 9.65. The zero-order valence-corrected chi connectivity index (χ0v) is 11.1. The first kappa shape index (κ1) is 13.1. The highest BCUT2D eigenvalue weighted by molar-refractivity contribution is 5.79. The molecule has 0 radical (unpaired) electrons. The molecule has 0 amide bonds. The number of aromatic hydroxyl groups is 2. The topological polar surface area (TPSA) is 78.1 Å². The quantitative estimate of drug-likeness (QED) is 0.563. The molecule has 0 aliphatic heterocycles. The summed E-state index contributed by atoms with van der Waals surface area (Å²) < 4.78 is 0. The van der Waals surface area contributed by atoms with Crippen LogP contribution in [0.25, 0.3) is 10.9 Å². The lowest BCUT2D eigenvalue weighted by Gasteiger charge is -2.01. The van der Waals surface area contributed by atoms with Crippen LogP contribution in [0.15, 0.2) is 64.8 Å². The van der Waals surface area contributed by atoms with Gasteiger partial charge < -0.3 is 10.2 Å². The second-order valence-electron chi connectivity index (χ2n) is 4.57. The van der Waals surface area contributed by atoms with Gasteiger partial charge in [-0.15, -0.1) is 5.11 Å². The Morgan fingerprint density at radius 3 is 2.71 bits per heavy atom. The van der Waals surface area contributed by atoms with Crippen LogP contribution in [0.3, 0.4) is 0 Å². The summed E-state index contributed by atoms with van der Waals surface area (Å²) in [7, 11) is 0. The van der Waals surface area contributed by atoms with E-state index in [4.69, 9.17) is 0 Å². The number of hydrogen-bond acceptors (Lipinski definition) is 5. The summed E-state index contributed by atoms with van der Waals surface area (Å²) in [4.78, 5) is 4.37. The van der Waals surface area contributed by atoms with Gasteiger partial charge in [-0.25, -0.2) is 4.98 Å². The Morgan fingerprint density at radius 2 is 1.81 bits per heavy atom. The van der Waals surface area contributed by atoms with Crippen LogP contribution >= 0.6 is 0 Å². The van der Waals surface area contributed by atoms with Crippen LogP contribution in [-0.2, 0) is 6.54 Å². The zero-order valence-electron chi connectivity index (χ0n) is 11.1. The fourth-order valence-electron chi connectivity index (χ4n) is 1.99. The number of rotatable bonds is 3. The van der Waals surface area contributed by atoms with E-state index in [-0.39, 0.29) is 18.0 Å². The summed E-state index contributed by atoms with van der Waals surface area (Å²) in [6.45, 7) is 0.175. The highest BCUT2D eigenvalue weighted by Gasteiger charge is 2.01. The predicted octanol–water partition coefficient (Wildman–Crippen LogP) is 3.93. The molecule has 3 aromatic rings. The molecular formula is C16H13N3O2. The molecule has 2 N–H and O–H groups in total. The normalized spacial score (nSPS) is 11.2. The molecule has 0 aliphatic carbocycles. The molecule has 0 saturated carbocycles. The van der Waals surface area contributed by atoms with Crippen LogP contribution in [0.5, 0.6) is 11.5 Å². The summed E-state index contributed by atoms with van der Waals surface area (Å²) in [6.07, 6.45) is 0. The Kier molecular flexibility index (Phi) is 3.47. The number of phenols is 2. The van der Waals surface area contributed by atoms with Crippen molar-refractivity contribution in [2.45, 2.75) is 6.54 Å². The molecule has 0 atom stereocenters. The van der Waals surface area contributed by atoms with E-state index in [1.54, 1.807) is 6.07 Å². The second-order valence-corrected chi connectivity index (χ2v) is 4.57. The zero-order chi connectivity index (χ0) is 14.7. The SMILES string of the molecule is Oc1ccc(O)c(CN=Nc2ccc3ccccc3n2)c1. The van der Waals surface area contributed by atoms with Gasteiger partial charge in [0.25, 0.3) is 0 Å². The molecule has 0 fully saturated rings. The third-order valence-electron chi connectivity index (χ3n) is 3.06. The minimum atomic E-state index is 0.0817. The molecule has 0 saturated heterocycles. The van der Waals surface area contributed by atoms with E-state index in [0.717, 1.165) is 10.9 Å². The van der Waals surface area contributed by atoms with Crippen molar-refractivity contribution in [1.82, 2.24) is 4.98 Å². The number of azo groups is 1. The van der Waals surface area contributed by atoms with Crippen molar-refractivity contribution in [2.75, 3.05) is 0 Å². The minimum Gasteiger partial charge on any atom is -0.508 e. The Hall–Kier alpha value is -2.95. The van der Waals surface area contributed by atoms with Gasteiger partial charge >= 0.3 is 0 Å². The van der Waals surface area contributed by atoms with Crippen molar-refractivity contribution < 1.29 is 10.2 Å². The molecule has 0 aliphatic rings. The molecule has 5 heteroatoms. The van der Waals surface area contributed by atoms with E-state index in [1.807, 2.05) is 30.3 Å². The van der Waals surface area contributed by atoms with Crippen LogP contribution in [0.4, 0.5) is 5.82 Å². The van der Waals surface area contributed by atoms with Gasteiger partial charge in [-0.2, -0.15) is 5.11 Å². The highest BCUT2D eigenvalue weighted by atomic mass is 16.3. The lowest BCUT2D eigenvalue weighted by Crippen LogP contribution is -1.82. The van der Waals surface area contributed by atoms with Crippen molar-refractivity contribution >= 4 is 16.7 Å². The maximum atomic E-state index is 9.65. The summed E-state index contributed by atoms with van der Waals surface area (Å²) in [5, 5.41) is 28.1. The molecule has 0 spiro atoms. The van der Waals surface area contributed by atoms with E-state index in [0.29, 0.717) is 11.4 Å². The number of aromatic nitrogens is 1. The molecule has 104 valence electrons. The van der Waals surface area contributed by atoms with Crippen molar-refractivity contribution in [1.29, 1.82) is 0 Å². The van der Waals surface area contributed by atoms with Crippen LogP contribution in [0, 0.1) is 0 Å². The van der Waals surface area contributed by atoms with Gasteiger partial charge in [0.15, 0.2) is 5.82 Å². The number of fused-ring (bicyclic) bond motifs is 1. The van der Waals surface area contributed by atoms with Gasteiger partial charge in [-0.3, -0.25) is 0 Å². The standard InChI is InChI=1S/C16H13N3O2/c20-13-6-7-15(21)12(9-13)10-17-19-16-8-5-11-3-1-2-4-14(11)18-16/h1-9,20-21H,10H2. The van der Waals surface area contributed by atoms with E-state index < -0.39 is 0 Å². The Morgan fingerprint density at radius 1 is 0.952 bits per heavy atom. The first-order chi connectivity index (χ1) is 10.2. The van der Waals surface area contributed by atoms with Crippen LogP contribution in [0.2, 0.25) is 0 Å². The van der Waals surface area contributed by atoms with E-state index in [1.165, 1.54) is 18.2 Å². The molecular weight excluding hydrogens is 266 g/mol. The first-order valence-electron chi connectivity index (χ1n) is 6.46. The lowest BCUT2D eigenvalue weighted by atomic mass is 10.2. The minimum absolute atomic E-state index is 0.0817. The number of hydrogen-bond donors (Lipinski definition) is 2.